The number of halogens is 2. The lowest BCUT2D eigenvalue weighted by molar-refractivity contribution is -0.0502. The van der Waals surface area contributed by atoms with Crippen LogP contribution in [0, 0.1) is 0 Å². The Balaban J connectivity index is 1.38. The van der Waals surface area contributed by atoms with Gasteiger partial charge in [0.15, 0.2) is 0 Å². The van der Waals surface area contributed by atoms with Crippen LogP contribution >= 0.6 is 0 Å². The molecule has 9 nitrogen and oxygen atoms in total. The van der Waals surface area contributed by atoms with E-state index in [9.17, 15) is 13.6 Å². The fourth-order valence-corrected chi connectivity index (χ4v) is 4.44. The maximum absolute atomic E-state index is 13.3. The van der Waals surface area contributed by atoms with Crippen LogP contribution in [0.15, 0.2) is 36.7 Å². The largest absolute Gasteiger partial charge is 0.496 e. The zero-order chi connectivity index (χ0) is 25.9. The second-order valence-electron chi connectivity index (χ2n) is 9.22. The first kappa shape index (κ1) is 25.2. The molecule has 1 N–H and O–H groups in total. The number of nitrogens with zero attached hydrogens (tertiary/aromatic N) is 3. The topological polar surface area (TPSA) is 86.6 Å². The molecule has 3 aromatic rings. The van der Waals surface area contributed by atoms with Crippen LogP contribution in [0.1, 0.15) is 30.1 Å². The maximum Gasteiger partial charge on any atom is 0.387 e. The third-order valence-electron chi connectivity index (χ3n) is 6.57. The van der Waals surface area contributed by atoms with E-state index in [1.807, 2.05) is 16.5 Å². The molecule has 5 rings (SSSR count). The monoisotopic (exact) mass is 516 g/mol. The number of imidazole rings is 1. The summed E-state index contributed by atoms with van der Waals surface area (Å²) in [7, 11) is 1.38. The number of pyridine rings is 1. The number of hydrogen-bond acceptors (Lipinski definition) is 7. The zero-order valence-corrected chi connectivity index (χ0v) is 20.8. The summed E-state index contributed by atoms with van der Waals surface area (Å²) in [4.78, 5) is 19.6. The SMILES string of the molecule is COc1cc(-c2cnc3cc(OCCN4CCOC[C@H]4C)ccn23)cc(OC(F)F)c1C(=O)NC1CC1. The molecule has 0 bridgehead atoms. The zero-order valence-electron chi connectivity index (χ0n) is 20.8. The number of carbonyl (C=O) groups is 1. The van der Waals surface area contributed by atoms with Crippen molar-refractivity contribution in [3.05, 3.63) is 42.2 Å². The molecule has 198 valence electrons. The van der Waals surface area contributed by atoms with E-state index in [1.165, 1.54) is 13.2 Å². The fraction of sp³-hybridized carbons (Fsp3) is 0.462. The predicted molar refractivity (Wildman–Crippen MR) is 132 cm³/mol. The first-order valence-corrected chi connectivity index (χ1v) is 12.3. The van der Waals surface area contributed by atoms with E-state index in [0.717, 1.165) is 39.1 Å². The molecule has 1 aliphatic carbocycles. The fourth-order valence-electron chi connectivity index (χ4n) is 4.44. The summed E-state index contributed by atoms with van der Waals surface area (Å²) in [6, 6.07) is 7.08. The normalized spacial score (nSPS) is 18.2. The molecule has 11 heteroatoms. The number of methoxy groups -OCH3 is 1. The summed E-state index contributed by atoms with van der Waals surface area (Å²) in [5, 5.41) is 2.80. The van der Waals surface area contributed by atoms with Gasteiger partial charge in [0.2, 0.25) is 0 Å². The first-order chi connectivity index (χ1) is 17.9. The van der Waals surface area contributed by atoms with Crippen molar-refractivity contribution >= 4 is 11.6 Å². The Hall–Kier alpha value is -3.44. The molecule has 3 heterocycles. The number of benzene rings is 1. The van der Waals surface area contributed by atoms with Crippen LogP contribution in [-0.4, -0.2) is 78.9 Å². The highest BCUT2D eigenvalue weighted by atomic mass is 19.3. The average Bonchev–Trinajstić information content (AvgIpc) is 3.59. The lowest BCUT2D eigenvalue weighted by Gasteiger charge is -2.32. The van der Waals surface area contributed by atoms with Gasteiger partial charge in [-0.15, -0.1) is 0 Å². The second kappa shape index (κ2) is 10.9. The Morgan fingerprint density at radius 1 is 1.27 bits per heavy atom. The van der Waals surface area contributed by atoms with Gasteiger partial charge in [-0.25, -0.2) is 4.98 Å². The van der Waals surface area contributed by atoms with Gasteiger partial charge < -0.3 is 24.3 Å². The van der Waals surface area contributed by atoms with E-state index < -0.39 is 12.5 Å². The molecule has 0 spiro atoms. The molecule has 0 unspecified atom stereocenters. The number of rotatable bonds is 10. The first-order valence-electron chi connectivity index (χ1n) is 12.3. The van der Waals surface area contributed by atoms with Crippen LogP contribution in [0.3, 0.4) is 0 Å². The summed E-state index contributed by atoms with van der Waals surface area (Å²) in [6.07, 6.45) is 5.14. The second-order valence-corrected chi connectivity index (χ2v) is 9.22. The Kier molecular flexibility index (Phi) is 7.43. The highest BCUT2D eigenvalue weighted by molar-refractivity contribution is 6.01. The molecule has 2 aromatic heterocycles. The van der Waals surface area contributed by atoms with Gasteiger partial charge in [-0.05, 0) is 38.0 Å². The standard InChI is InChI=1S/C26H30F2N4O5/c1-16-15-35-9-7-31(16)8-10-36-19-5-6-32-20(14-29-23(32)13-19)17-11-21(34-2)24(22(12-17)37-26(27)28)25(33)30-18-3-4-18/h5-6,11-14,16,18,26H,3-4,7-10,15H2,1-2H3,(H,30,33)/t16-/m1/s1. The average molecular weight is 517 g/mol. The van der Waals surface area contributed by atoms with E-state index in [1.54, 1.807) is 18.5 Å². The smallest absolute Gasteiger partial charge is 0.387 e. The summed E-state index contributed by atoms with van der Waals surface area (Å²) >= 11 is 0. The van der Waals surface area contributed by atoms with Gasteiger partial charge in [-0.3, -0.25) is 14.1 Å². The van der Waals surface area contributed by atoms with Crippen LogP contribution in [0.4, 0.5) is 8.78 Å². The minimum absolute atomic E-state index is 0.0451. The van der Waals surface area contributed by atoms with E-state index in [4.69, 9.17) is 18.9 Å². The number of alkyl halides is 2. The number of hydrogen-bond donors (Lipinski definition) is 1. The van der Waals surface area contributed by atoms with Gasteiger partial charge in [-0.2, -0.15) is 8.78 Å². The number of ether oxygens (including phenoxy) is 4. The highest BCUT2D eigenvalue weighted by Gasteiger charge is 2.29. The predicted octanol–water partition coefficient (Wildman–Crippen LogP) is 3.60. The van der Waals surface area contributed by atoms with Crippen LogP contribution in [0.5, 0.6) is 17.2 Å². The van der Waals surface area contributed by atoms with Gasteiger partial charge >= 0.3 is 6.61 Å². The minimum atomic E-state index is -3.10. The van der Waals surface area contributed by atoms with Crippen LogP contribution in [-0.2, 0) is 4.74 Å². The molecule has 1 aromatic carbocycles. The van der Waals surface area contributed by atoms with Crippen molar-refractivity contribution in [2.75, 3.05) is 40.0 Å². The number of carbonyl (C=O) groups excluding carboxylic acids is 1. The number of amides is 1. The van der Waals surface area contributed by atoms with Crippen molar-refractivity contribution in [2.24, 2.45) is 0 Å². The number of fused-ring (bicyclic) bond motifs is 1. The molecular formula is C26H30F2N4O5. The van der Waals surface area contributed by atoms with Gasteiger partial charge in [0.1, 0.15) is 35.1 Å². The molecule has 1 aliphatic heterocycles. The third kappa shape index (κ3) is 5.78. The molecule has 1 saturated carbocycles. The molecule has 1 atom stereocenters. The Morgan fingerprint density at radius 2 is 2.08 bits per heavy atom. The Bertz CT molecular complexity index is 1260. The number of aromatic nitrogens is 2. The molecule has 37 heavy (non-hydrogen) atoms. The minimum Gasteiger partial charge on any atom is -0.496 e. The van der Waals surface area contributed by atoms with Crippen molar-refractivity contribution in [3.8, 4) is 28.5 Å². The number of morpholine rings is 1. The van der Waals surface area contributed by atoms with Gasteiger partial charge in [0.05, 0.1) is 32.2 Å². The quantitative estimate of drug-likeness (QED) is 0.441. The molecule has 0 radical (unpaired) electrons. The lowest BCUT2D eigenvalue weighted by Crippen LogP contribution is -2.45. The van der Waals surface area contributed by atoms with Crippen molar-refractivity contribution in [1.82, 2.24) is 19.6 Å². The Labute approximate surface area is 213 Å². The molecule has 1 saturated heterocycles. The van der Waals surface area contributed by atoms with Crippen molar-refractivity contribution in [1.29, 1.82) is 0 Å². The molecule has 1 amide bonds. The van der Waals surface area contributed by atoms with Crippen LogP contribution in [0.25, 0.3) is 16.9 Å². The van der Waals surface area contributed by atoms with Crippen LogP contribution in [0.2, 0.25) is 0 Å². The Morgan fingerprint density at radius 3 is 2.81 bits per heavy atom. The van der Waals surface area contributed by atoms with Gasteiger partial charge in [0.25, 0.3) is 5.91 Å². The molecular weight excluding hydrogens is 486 g/mol. The van der Waals surface area contributed by atoms with E-state index in [2.05, 4.69) is 22.1 Å². The van der Waals surface area contributed by atoms with E-state index in [-0.39, 0.29) is 23.1 Å². The summed E-state index contributed by atoms with van der Waals surface area (Å²) in [5.41, 5.74) is 1.70. The third-order valence-corrected chi connectivity index (χ3v) is 6.57. The summed E-state index contributed by atoms with van der Waals surface area (Å²) in [6.45, 7) is 2.70. The van der Waals surface area contributed by atoms with E-state index in [0.29, 0.717) is 35.3 Å². The van der Waals surface area contributed by atoms with E-state index >= 15 is 0 Å². The summed E-state index contributed by atoms with van der Waals surface area (Å²) < 4.78 is 49.9. The van der Waals surface area contributed by atoms with Crippen molar-refractivity contribution in [2.45, 2.75) is 38.5 Å². The molecule has 2 fully saturated rings. The lowest BCUT2D eigenvalue weighted by atomic mass is 10.1. The maximum atomic E-state index is 13.3. The summed E-state index contributed by atoms with van der Waals surface area (Å²) in [5.74, 6) is 0.0539. The molecule has 2 aliphatic rings. The van der Waals surface area contributed by atoms with Crippen molar-refractivity contribution in [3.63, 3.8) is 0 Å². The number of nitrogens with one attached hydrogen (secondary N) is 1. The highest BCUT2D eigenvalue weighted by Crippen LogP contribution is 2.37. The van der Waals surface area contributed by atoms with Crippen molar-refractivity contribution < 1.29 is 32.5 Å². The van der Waals surface area contributed by atoms with Gasteiger partial charge in [-0.1, -0.05) is 0 Å². The van der Waals surface area contributed by atoms with Gasteiger partial charge in [0, 0.05) is 43.0 Å². The van der Waals surface area contributed by atoms with Crippen LogP contribution < -0.4 is 19.5 Å².